The van der Waals surface area contributed by atoms with E-state index < -0.39 is 0 Å². The predicted octanol–water partition coefficient (Wildman–Crippen LogP) is 1.21. The zero-order valence-electron chi connectivity index (χ0n) is 12.2. The Labute approximate surface area is 116 Å². The van der Waals surface area contributed by atoms with Crippen LogP contribution in [0.3, 0.4) is 0 Å². The van der Waals surface area contributed by atoms with Crippen molar-refractivity contribution in [2.45, 2.75) is 12.8 Å². The van der Waals surface area contributed by atoms with Crippen molar-refractivity contribution in [3.8, 4) is 0 Å². The first-order chi connectivity index (χ1) is 9.06. The minimum atomic E-state index is 0.0859. The summed E-state index contributed by atoms with van der Waals surface area (Å²) in [5.41, 5.74) is 7.40. The molecule has 1 amide bonds. The summed E-state index contributed by atoms with van der Waals surface area (Å²) in [5, 5.41) is 0. The van der Waals surface area contributed by atoms with Gasteiger partial charge in [0, 0.05) is 19.2 Å². The van der Waals surface area contributed by atoms with Gasteiger partial charge in [0.2, 0.25) is 0 Å². The minimum absolute atomic E-state index is 0.0859. The molecular formula is C15H25N3O. The molecule has 0 aliphatic rings. The van der Waals surface area contributed by atoms with Gasteiger partial charge in [0.1, 0.15) is 0 Å². The van der Waals surface area contributed by atoms with Crippen LogP contribution in [0.2, 0.25) is 0 Å². The van der Waals surface area contributed by atoms with Crippen LogP contribution in [-0.2, 0) is 6.42 Å². The second kappa shape index (κ2) is 7.92. The van der Waals surface area contributed by atoms with Gasteiger partial charge in [-0.25, -0.2) is 0 Å². The lowest BCUT2D eigenvalue weighted by Crippen LogP contribution is -2.30. The lowest BCUT2D eigenvalue weighted by atomic mass is 10.0. The van der Waals surface area contributed by atoms with Crippen LogP contribution >= 0.6 is 0 Å². The van der Waals surface area contributed by atoms with Gasteiger partial charge in [-0.2, -0.15) is 0 Å². The van der Waals surface area contributed by atoms with Crippen LogP contribution in [0.15, 0.2) is 24.3 Å². The first kappa shape index (κ1) is 15.7. The number of carbonyl (C=O) groups excluding carboxylic acids is 1. The van der Waals surface area contributed by atoms with Crippen LogP contribution in [0.25, 0.3) is 0 Å². The molecule has 4 heteroatoms. The summed E-state index contributed by atoms with van der Waals surface area (Å²) >= 11 is 0. The van der Waals surface area contributed by atoms with Crippen LogP contribution in [0.5, 0.6) is 0 Å². The van der Waals surface area contributed by atoms with E-state index >= 15 is 0 Å². The summed E-state index contributed by atoms with van der Waals surface area (Å²) in [5.74, 6) is 0.0859. The van der Waals surface area contributed by atoms with Crippen molar-refractivity contribution in [1.82, 2.24) is 9.80 Å². The first-order valence-electron chi connectivity index (χ1n) is 6.74. The van der Waals surface area contributed by atoms with Crippen molar-refractivity contribution in [2.75, 3.05) is 40.8 Å². The molecule has 0 saturated carbocycles. The molecule has 0 spiro atoms. The molecule has 0 heterocycles. The highest BCUT2D eigenvalue weighted by atomic mass is 16.2. The van der Waals surface area contributed by atoms with Crippen molar-refractivity contribution in [2.24, 2.45) is 5.73 Å². The molecule has 0 aliphatic heterocycles. The summed E-state index contributed by atoms with van der Waals surface area (Å²) < 4.78 is 0. The third kappa shape index (κ3) is 5.01. The van der Waals surface area contributed by atoms with E-state index in [0.717, 1.165) is 37.1 Å². The Hall–Kier alpha value is -1.39. The van der Waals surface area contributed by atoms with Crippen molar-refractivity contribution in [1.29, 1.82) is 0 Å². The highest BCUT2D eigenvalue weighted by molar-refractivity contribution is 5.95. The molecule has 0 aromatic heterocycles. The number of hydrogen-bond acceptors (Lipinski definition) is 3. The predicted molar refractivity (Wildman–Crippen MR) is 79.3 cm³/mol. The minimum Gasteiger partial charge on any atom is -0.342 e. The third-order valence-corrected chi connectivity index (χ3v) is 3.11. The van der Waals surface area contributed by atoms with Crippen LogP contribution < -0.4 is 5.73 Å². The van der Waals surface area contributed by atoms with Crippen LogP contribution in [0.4, 0.5) is 0 Å². The van der Waals surface area contributed by atoms with Gasteiger partial charge in [0.05, 0.1) is 0 Å². The maximum absolute atomic E-state index is 12.4. The number of nitrogens with zero attached hydrogens (tertiary/aromatic N) is 2. The molecule has 0 unspecified atom stereocenters. The van der Waals surface area contributed by atoms with E-state index in [1.54, 1.807) is 4.90 Å². The van der Waals surface area contributed by atoms with Crippen molar-refractivity contribution in [3.05, 3.63) is 35.4 Å². The molecule has 2 N–H and O–H groups in total. The van der Waals surface area contributed by atoms with E-state index in [2.05, 4.69) is 4.90 Å². The summed E-state index contributed by atoms with van der Waals surface area (Å²) in [7, 11) is 5.94. The highest BCUT2D eigenvalue weighted by Gasteiger charge is 2.14. The largest absolute Gasteiger partial charge is 0.342 e. The fourth-order valence-corrected chi connectivity index (χ4v) is 2.03. The number of hydrogen-bond donors (Lipinski definition) is 1. The monoisotopic (exact) mass is 263 g/mol. The molecule has 0 atom stereocenters. The van der Waals surface area contributed by atoms with Gasteiger partial charge >= 0.3 is 0 Å². The van der Waals surface area contributed by atoms with Crippen molar-refractivity contribution < 1.29 is 4.79 Å². The maximum atomic E-state index is 12.4. The van der Waals surface area contributed by atoms with Gasteiger partial charge in [-0.1, -0.05) is 18.2 Å². The van der Waals surface area contributed by atoms with Gasteiger partial charge in [-0.15, -0.1) is 0 Å². The second-order valence-electron chi connectivity index (χ2n) is 5.08. The molecule has 1 aromatic rings. The molecule has 0 aliphatic carbocycles. The molecule has 1 aromatic carbocycles. The summed E-state index contributed by atoms with van der Waals surface area (Å²) in [6.07, 6.45) is 1.72. The number of benzene rings is 1. The Morgan fingerprint density at radius 3 is 2.47 bits per heavy atom. The fourth-order valence-electron chi connectivity index (χ4n) is 2.03. The molecule has 19 heavy (non-hydrogen) atoms. The van der Waals surface area contributed by atoms with E-state index in [4.69, 9.17) is 5.73 Å². The number of carbonyl (C=O) groups is 1. The number of amides is 1. The van der Waals surface area contributed by atoms with Gasteiger partial charge < -0.3 is 15.5 Å². The molecule has 0 saturated heterocycles. The molecule has 106 valence electrons. The highest BCUT2D eigenvalue weighted by Crippen LogP contribution is 2.12. The third-order valence-electron chi connectivity index (χ3n) is 3.11. The Kier molecular flexibility index (Phi) is 6.53. The molecule has 0 radical (unpaired) electrons. The molecule has 0 bridgehead atoms. The summed E-state index contributed by atoms with van der Waals surface area (Å²) in [6.45, 7) is 2.32. The molecule has 0 fully saturated rings. The average molecular weight is 263 g/mol. The van der Waals surface area contributed by atoms with E-state index in [1.807, 2.05) is 45.4 Å². The quantitative estimate of drug-likeness (QED) is 0.804. The topological polar surface area (TPSA) is 49.6 Å². The van der Waals surface area contributed by atoms with Crippen LogP contribution in [-0.4, -0.2) is 56.5 Å². The van der Waals surface area contributed by atoms with Gasteiger partial charge in [-0.05, 0) is 51.7 Å². The number of rotatable bonds is 7. The zero-order valence-corrected chi connectivity index (χ0v) is 12.2. The second-order valence-corrected chi connectivity index (χ2v) is 5.08. The standard InChI is InChI=1S/C15H25N3O/c1-17(2)11-6-12-18(3)15(19)14-8-5-4-7-13(14)9-10-16/h4-5,7-8H,6,9-12,16H2,1-3H3. The Morgan fingerprint density at radius 2 is 1.84 bits per heavy atom. The van der Waals surface area contributed by atoms with E-state index in [-0.39, 0.29) is 5.91 Å². The Balaban J connectivity index is 2.65. The average Bonchev–Trinajstić information content (AvgIpc) is 2.38. The molecule has 4 nitrogen and oxygen atoms in total. The lowest BCUT2D eigenvalue weighted by Gasteiger charge is -2.20. The molecular weight excluding hydrogens is 238 g/mol. The van der Waals surface area contributed by atoms with E-state index in [9.17, 15) is 4.79 Å². The SMILES string of the molecule is CN(C)CCCN(C)C(=O)c1ccccc1CCN. The van der Waals surface area contributed by atoms with Crippen LogP contribution in [0, 0.1) is 0 Å². The van der Waals surface area contributed by atoms with Crippen molar-refractivity contribution >= 4 is 5.91 Å². The fraction of sp³-hybridized carbons (Fsp3) is 0.533. The van der Waals surface area contributed by atoms with E-state index in [1.165, 1.54) is 0 Å². The first-order valence-corrected chi connectivity index (χ1v) is 6.74. The van der Waals surface area contributed by atoms with Crippen LogP contribution in [0.1, 0.15) is 22.3 Å². The smallest absolute Gasteiger partial charge is 0.253 e. The number of nitrogens with two attached hydrogens (primary N) is 1. The van der Waals surface area contributed by atoms with Gasteiger partial charge in [-0.3, -0.25) is 4.79 Å². The van der Waals surface area contributed by atoms with Gasteiger partial charge in [0.15, 0.2) is 0 Å². The summed E-state index contributed by atoms with van der Waals surface area (Å²) in [4.78, 5) is 16.3. The van der Waals surface area contributed by atoms with Gasteiger partial charge in [0.25, 0.3) is 5.91 Å². The van der Waals surface area contributed by atoms with Crippen molar-refractivity contribution in [3.63, 3.8) is 0 Å². The molecule has 1 rings (SSSR count). The normalized spacial score (nSPS) is 10.8. The zero-order chi connectivity index (χ0) is 14.3. The maximum Gasteiger partial charge on any atom is 0.253 e. The Bertz CT molecular complexity index is 404. The lowest BCUT2D eigenvalue weighted by molar-refractivity contribution is 0.0789. The Morgan fingerprint density at radius 1 is 1.16 bits per heavy atom. The summed E-state index contributed by atoms with van der Waals surface area (Å²) in [6, 6.07) is 7.72. The van der Waals surface area contributed by atoms with E-state index in [0.29, 0.717) is 6.54 Å².